The van der Waals surface area contributed by atoms with Crippen molar-refractivity contribution in [2.24, 2.45) is 0 Å². The molecular formula is C18H21IN2. The molecule has 110 valence electrons. The van der Waals surface area contributed by atoms with Gasteiger partial charge in [-0.3, -0.25) is 4.48 Å². The van der Waals surface area contributed by atoms with Crippen LogP contribution in [-0.4, -0.2) is 13.7 Å². The Bertz CT molecular complexity index is 710. The fraction of sp³-hybridized carbons (Fsp3) is 0.333. The van der Waals surface area contributed by atoms with Crippen LogP contribution in [0.2, 0.25) is 0 Å². The first-order valence-corrected chi connectivity index (χ1v) is 7.34. The van der Waals surface area contributed by atoms with E-state index < -0.39 is 0 Å². The minimum absolute atomic E-state index is 0. The maximum atomic E-state index is 2.54. The second kappa shape index (κ2) is 4.99. The second-order valence-corrected chi connectivity index (χ2v) is 6.66. The molecule has 2 nitrogen and oxygen atoms in total. The van der Waals surface area contributed by atoms with Crippen LogP contribution in [0.15, 0.2) is 36.4 Å². The lowest BCUT2D eigenvalue weighted by Crippen LogP contribution is -3.00. The quantitative estimate of drug-likeness (QED) is 0.472. The number of halogens is 1. The molecule has 0 aromatic heterocycles. The van der Waals surface area contributed by atoms with Gasteiger partial charge in [0.2, 0.25) is 0 Å². The van der Waals surface area contributed by atoms with Gasteiger partial charge in [0.15, 0.2) is 6.67 Å². The van der Waals surface area contributed by atoms with Crippen LogP contribution in [0.5, 0.6) is 0 Å². The molecule has 0 aliphatic carbocycles. The van der Waals surface area contributed by atoms with E-state index in [-0.39, 0.29) is 24.0 Å². The molecule has 2 aromatic rings. The van der Waals surface area contributed by atoms with Crippen molar-refractivity contribution in [3.05, 3.63) is 58.7 Å². The van der Waals surface area contributed by atoms with Crippen LogP contribution in [0.25, 0.3) is 0 Å². The molecule has 1 atom stereocenters. The summed E-state index contributed by atoms with van der Waals surface area (Å²) in [6.07, 6.45) is 0. The predicted octanol–water partition coefficient (Wildman–Crippen LogP) is 0.736. The van der Waals surface area contributed by atoms with Crippen molar-refractivity contribution >= 4 is 11.4 Å². The number of rotatable bonds is 0. The number of anilines is 1. The monoisotopic (exact) mass is 392 g/mol. The summed E-state index contributed by atoms with van der Waals surface area (Å²) in [5.74, 6) is 0. The Labute approximate surface area is 144 Å². The maximum Gasteiger partial charge on any atom is 0.159 e. The molecule has 2 aromatic carbocycles. The number of fused-ring (bicyclic) bond motifs is 6. The molecule has 0 saturated carbocycles. The summed E-state index contributed by atoms with van der Waals surface area (Å²) in [4.78, 5) is 2.54. The molecule has 2 aliphatic heterocycles. The third-order valence-corrected chi connectivity index (χ3v) is 4.76. The zero-order chi connectivity index (χ0) is 13.9. The van der Waals surface area contributed by atoms with Crippen molar-refractivity contribution in [1.29, 1.82) is 0 Å². The minimum Gasteiger partial charge on any atom is -1.00 e. The van der Waals surface area contributed by atoms with E-state index in [1.54, 1.807) is 0 Å². The van der Waals surface area contributed by atoms with E-state index in [0.29, 0.717) is 0 Å². The Morgan fingerprint density at radius 3 is 2.38 bits per heavy atom. The van der Waals surface area contributed by atoms with Gasteiger partial charge >= 0.3 is 0 Å². The van der Waals surface area contributed by atoms with Gasteiger partial charge in [-0.05, 0) is 38.1 Å². The van der Waals surface area contributed by atoms with E-state index in [1.807, 2.05) is 0 Å². The fourth-order valence-corrected chi connectivity index (χ4v) is 3.90. The van der Waals surface area contributed by atoms with E-state index >= 15 is 0 Å². The van der Waals surface area contributed by atoms with Crippen molar-refractivity contribution in [3.8, 4) is 0 Å². The third kappa shape index (κ3) is 2.27. The number of benzene rings is 2. The van der Waals surface area contributed by atoms with Gasteiger partial charge in [-0.1, -0.05) is 23.3 Å². The number of hydrogen-bond acceptors (Lipinski definition) is 1. The highest BCUT2D eigenvalue weighted by Crippen LogP contribution is 2.42. The van der Waals surface area contributed by atoms with Crippen LogP contribution in [0.3, 0.4) is 0 Å². The van der Waals surface area contributed by atoms with E-state index in [0.717, 1.165) is 24.2 Å². The Morgan fingerprint density at radius 2 is 1.62 bits per heavy atom. The molecule has 0 radical (unpaired) electrons. The first kappa shape index (κ1) is 14.9. The number of quaternary nitrogens is 1. The Balaban J connectivity index is 0.00000132. The highest BCUT2D eigenvalue weighted by molar-refractivity contribution is 5.65. The summed E-state index contributed by atoms with van der Waals surface area (Å²) in [6.45, 7) is 7.61. The van der Waals surface area contributed by atoms with Crippen molar-refractivity contribution in [1.82, 2.24) is 4.48 Å². The van der Waals surface area contributed by atoms with Gasteiger partial charge in [-0.2, -0.15) is 0 Å². The van der Waals surface area contributed by atoms with Crippen molar-refractivity contribution in [2.45, 2.75) is 26.9 Å². The maximum absolute atomic E-state index is 2.54. The minimum atomic E-state index is 0. The molecule has 2 bridgehead atoms. The van der Waals surface area contributed by atoms with E-state index in [4.69, 9.17) is 0 Å². The number of aryl methyl sites for hydroxylation is 2. The Hall–Kier alpha value is -1.07. The number of nitrogens with zero attached hydrogens (tertiary/aromatic N) is 2. The molecule has 0 N–H and O–H groups in total. The van der Waals surface area contributed by atoms with Crippen LogP contribution < -0.4 is 33.4 Å². The smallest absolute Gasteiger partial charge is 0.159 e. The molecular weight excluding hydrogens is 371 g/mol. The first-order valence-electron chi connectivity index (χ1n) is 7.34. The summed E-state index contributed by atoms with van der Waals surface area (Å²) in [6, 6.07) is 13.8. The highest BCUT2D eigenvalue weighted by Gasteiger charge is 2.40. The van der Waals surface area contributed by atoms with Gasteiger partial charge in [-0.25, -0.2) is 0 Å². The molecule has 3 heteroatoms. The predicted molar refractivity (Wildman–Crippen MR) is 84.8 cm³/mol. The fourth-order valence-electron chi connectivity index (χ4n) is 3.90. The average molecular weight is 392 g/mol. The SMILES string of the molecule is Cc1ccc2c(c1)C[N+]1(C)CN2Cc2cc(C)ccc21.[I-]. The van der Waals surface area contributed by atoms with E-state index in [1.165, 1.54) is 33.6 Å². The average Bonchev–Trinajstić information content (AvgIpc) is 2.37. The molecule has 2 aliphatic rings. The van der Waals surface area contributed by atoms with E-state index in [9.17, 15) is 0 Å². The topological polar surface area (TPSA) is 3.24 Å². The van der Waals surface area contributed by atoms with E-state index in [2.05, 4.69) is 62.2 Å². The molecule has 1 unspecified atom stereocenters. The van der Waals surface area contributed by atoms with Gasteiger partial charge in [0, 0.05) is 11.1 Å². The van der Waals surface area contributed by atoms with Crippen LogP contribution in [0.4, 0.5) is 11.4 Å². The normalized spacial score (nSPS) is 22.1. The Morgan fingerprint density at radius 1 is 0.952 bits per heavy atom. The van der Waals surface area contributed by atoms with Crippen molar-refractivity contribution in [3.63, 3.8) is 0 Å². The van der Waals surface area contributed by atoms with Crippen molar-refractivity contribution in [2.75, 3.05) is 18.6 Å². The lowest BCUT2D eigenvalue weighted by molar-refractivity contribution is -0.00000440. The van der Waals surface area contributed by atoms with Crippen LogP contribution >= 0.6 is 0 Å². The van der Waals surface area contributed by atoms with Crippen LogP contribution in [-0.2, 0) is 13.1 Å². The molecule has 0 spiro atoms. The van der Waals surface area contributed by atoms with Gasteiger partial charge < -0.3 is 28.9 Å². The molecule has 0 amide bonds. The third-order valence-electron chi connectivity index (χ3n) is 4.76. The zero-order valence-corrected chi connectivity index (χ0v) is 15.0. The van der Waals surface area contributed by atoms with Crippen LogP contribution in [0, 0.1) is 13.8 Å². The largest absolute Gasteiger partial charge is 1.00 e. The van der Waals surface area contributed by atoms with Crippen LogP contribution in [0.1, 0.15) is 22.3 Å². The lowest BCUT2D eigenvalue weighted by Gasteiger charge is -2.48. The first-order chi connectivity index (χ1) is 9.55. The van der Waals surface area contributed by atoms with Gasteiger partial charge in [0.1, 0.15) is 12.2 Å². The molecule has 0 fully saturated rings. The zero-order valence-electron chi connectivity index (χ0n) is 12.9. The Kier molecular flexibility index (Phi) is 3.53. The van der Waals surface area contributed by atoms with Gasteiger partial charge in [0.05, 0.1) is 19.3 Å². The van der Waals surface area contributed by atoms with Gasteiger partial charge in [-0.15, -0.1) is 0 Å². The molecule has 4 rings (SSSR count). The summed E-state index contributed by atoms with van der Waals surface area (Å²) >= 11 is 0. The summed E-state index contributed by atoms with van der Waals surface area (Å²) in [7, 11) is 2.37. The van der Waals surface area contributed by atoms with Crippen molar-refractivity contribution < 1.29 is 24.0 Å². The summed E-state index contributed by atoms with van der Waals surface area (Å²) < 4.78 is 1.01. The summed E-state index contributed by atoms with van der Waals surface area (Å²) in [5.41, 5.74) is 8.64. The standard InChI is InChI=1S/C18H21N2.HI/c1-13-4-6-17-16(9-13)11-20(3)12-19(17)10-15-8-14(2)5-7-18(15)20;/h4-9H,10-12H2,1-3H3;1H/q+1;/p-1. The molecule has 0 saturated heterocycles. The highest BCUT2D eigenvalue weighted by atomic mass is 127. The second-order valence-electron chi connectivity index (χ2n) is 6.66. The number of hydrogen-bond donors (Lipinski definition) is 0. The van der Waals surface area contributed by atoms with Gasteiger partial charge in [0.25, 0.3) is 0 Å². The molecule has 2 heterocycles. The summed E-state index contributed by atoms with van der Waals surface area (Å²) in [5, 5.41) is 0. The molecule has 21 heavy (non-hydrogen) atoms. The lowest BCUT2D eigenvalue weighted by atomic mass is 9.97.